The van der Waals surface area contributed by atoms with Crippen molar-refractivity contribution in [3.8, 4) is 0 Å². The van der Waals surface area contributed by atoms with Crippen LogP contribution < -0.4 is 0 Å². The Kier molecular flexibility index (Phi) is 5.42. The molecule has 0 saturated carbocycles. The molecule has 3 nitrogen and oxygen atoms in total. The number of rotatable bonds is 6. The van der Waals surface area contributed by atoms with Crippen molar-refractivity contribution in [1.82, 2.24) is 9.80 Å². The Hall–Kier alpha value is -0.120. The van der Waals surface area contributed by atoms with Crippen molar-refractivity contribution in [2.45, 2.75) is 53.4 Å². The molecule has 0 aliphatic carbocycles. The fourth-order valence-electron chi connectivity index (χ4n) is 1.96. The third kappa shape index (κ3) is 4.57. The molecular formula is C14H30N2O. The van der Waals surface area contributed by atoms with E-state index in [1.165, 1.54) is 19.5 Å². The third-order valence-electron chi connectivity index (χ3n) is 3.75. The van der Waals surface area contributed by atoms with Gasteiger partial charge < -0.3 is 9.64 Å². The lowest BCUT2D eigenvalue weighted by molar-refractivity contribution is -0.145. The van der Waals surface area contributed by atoms with Gasteiger partial charge in [-0.1, -0.05) is 27.7 Å². The Bertz CT molecular complexity index is 221. The highest BCUT2D eigenvalue weighted by Gasteiger charge is 2.31. The molecule has 1 fully saturated rings. The molecule has 102 valence electrons. The lowest BCUT2D eigenvalue weighted by Gasteiger charge is -2.41. The van der Waals surface area contributed by atoms with Crippen LogP contribution in [0.25, 0.3) is 0 Å². The van der Waals surface area contributed by atoms with Crippen molar-refractivity contribution in [2.24, 2.45) is 5.41 Å². The quantitative estimate of drug-likeness (QED) is 0.711. The maximum absolute atomic E-state index is 6.28. The van der Waals surface area contributed by atoms with E-state index < -0.39 is 0 Å². The molecular weight excluding hydrogens is 212 g/mol. The summed E-state index contributed by atoms with van der Waals surface area (Å²) in [6.07, 6.45) is 1.88. The summed E-state index contributed by atoms with van der Waals surface area (Å²) in [7, 11) is 2.16. The molecule has 2 atom stereocenters. The molecule has 0 aromatic heterocycles. The van der Waals surface area contributed by atoms with Crippen molar-refractivity contribution in [1.29, 1.82) is 0 Å². The molecule has 1 aliphatic heterocycles. The molecule has 1 heterocycles. The molecule has 1 rings (SSSR count). The van der Waals surface area contributed by atoms with Crippen LogP contribution in [0.3, 0.4) is 0 Å². The molecule has 3 heteroatoms. The van der Waals surface area contributed by atoms with E-state index in [4.69, 9.17) is 4.74 Å². The summed E-state index contributed by atoms with van der Waals surface area (Å²) in [5, 5.41) is 0. The van der Waals surface area contributed by atoms with E-state index in [9.17, 15) is 0 Å². The van der Waals surface area contributed by atoms with Gasteiger partial charge in [-0.25, -0.2) is 0 Å². The lowest BCUT2D eigenvalue weighted by Crippen LogP contribution is -2.50. The van der Waals surface area contributed by atoms with E-state index in [1.807, 2.05) is 0 Å². The smallest absolute Gasteiger partial charge is 0.108 e. The minimum absolute atomic E-state index is 0.197. The maximum atomic E-state index is 6.28. The van der Waals surface area contributed by atoms with Gasteiger partial charge in [0.25, 0.3) is 0 Å². The SMILES string of the molecule is CCN(C)CC(OC(C)N1CCC1)C(C)(C)C. The summed E-state index contributed by atoms with van der Waals surface area (Å²) in [4.78, 5) is 4.74. The number of nitrogens with zero attached hydrogens (tertiary/aromatic N) is 2. The highest BCUT2D eigenvalue weighted by atomic mass is 16.5. The van der Waals surface area contributed by atoms with E-state index in [2.05, 4.69) is 51.5 Å². The summed E-state index contributed by atoms with van der Waals surface area (Å²) >= 11 is 0. The minimum atomic E-state index is 0.197. The monoisotopic (exact) mass is 242 g/mol. The van der Waals surface area contributed by atoms with Crippen LogP contribution in [0.1, 0.15) is 41.0 Å². The minimum Gasteiger partial charge on any atom is -0.358 e. The molecule has 17 heavy (non-hydrogen) atoms. The molecule has 0 spiro atoms. The van der Waals surface area contributed by atoms with Crippen LogP contribution in [0.2, 0.25) is 0 Å². The zero-order valence-corrected chi connectivity index (χ0v) is 12.5. The second-order valence-corrected chi connectivity index (χ2v) is 6.33. The highest BCUT2D eigenvalue weighted by molar-refractivity contribution is 4.79. The van der Waals surface area contributed by atoms with Crippen LogP contribution in [0.5, 0.6) is 0 Å². The first kappa shape index (κ1) is 14.9. The standard InChI is InChI=1S/C14H30N2O/c1-7-15(6)11-13(14(3,4)5)17-12(2)16-9-8-10-16/h12-13H,7-11H2,1-6H3. The van der Waals surface area contributed by atoms with Crippen molar-refractivity contribution >= 4 is 0 Å². The second kappa shape index (κ2) is 6.17. The first-order valence-electron chi connectivity index (χ1n) is 6.92. The highest BCUT2D eigenvalue weighted by Crippen LogP contribution is 2.26. The largest absolute Gasteiger partial charge is 0.358 e. The van der Waals surface area contributed by atoms with E-state index >= 15 is 0 Å². The summed E-state index contributed by atoms with van der Waals surface area (Å²) in [6, 6.07) is 0. The number of likely N-dealkylation sites (N-methyl/N-ethyl adjacent to an activating group) is 1. The molecule has 1 aliphatic rings. The van der Waals surface area contributed by atoms with E-state index in [0.717, 1.165) is 13.1 Å². The van der Waals surface area contributed by atoms with Gasteiger partial charge in [0.2, 0.25) is 0 Å². The van der Waals surface area contributed by atoms with E-state index in [1.54, 1.807) is 0 Å². The zero-order chi connectivity index (χ0) is 13.1. The molecule has 0 radical (unpaired) electrons. The number of ether oxygens (including phenoxy) is 1. The number of hydrogen-bond acceptors (Lipinski definition) is 3. The summed E-state index contributed by atoms with van der Waals surface area (Å²) in [6.45, 7) is 15.7. The van der Waals surface area contributed by atoms with Gasteiger partial charge >= 0.3 is 0 Å². The Labute approximate surface area is 107 Å². The molecule has 1 saturated heterocycles. The topological polar surface area (TPSA) is 15.7 Å². The predicted molar refractivity (Wildman–Crippen MR) is 73.2 cm³/mol. The average Bonchev–Trinajstić information content (AvgIpc) is 2.12. The fraction of sp³-hybridized carbons (Fsp3) is 1.00. The molecule has 0 amide bonds. The average molecular weight is 242 g/mol. The van der Waals surface area contributed by atoms with Crippen molar-refractivity contribution in [3.05, 3.63) is 0 Å². The van der Waals surface area contributed by atoms with Gasteiger partial charge in [0, 0.05) is 19.6 Å². The van der Waals surface area contributed by atoms with Crippen LogP contribution in [0, 0.1) is 5.41 Å². The second-order valence-electron chi connectivity index (χ2n) is 6.33. The Morgan fingerprint density at radius 1 is 1.29 bits per heavy atom. The third-order valence-corrected chi connectivity index (χ3v) is 3.75. The van der Waals surface area contributed by atoms with Crippen LogP contribution in [-0.2, 0) is 4.74 Å². The molecule has 0 bridgehead atoms. The Morgan fingerprint density at radius 3 is 2.24 bits per heavy atom. The first-order valence-corrected chi connectivity index (χ1v) is 6.92. The Balaban J connectivity index is 2.50. The van der Waals surface area contributed by atoms with E-state index in [-0.39, 0.29) is 11.6 Å². The summed E-state index contributed by atoms with van der Waals surface area (Å²) < 4.78 is 6.28. The molecule has 2 unspecified atom stereocenters. The fourth-order valence-corrected chi connectivity index (χ4v) is 1.96. The predicted octanol–water partition coefficient (Wildman–Crippen LogP) is 2.42. The van der Waals surface area contributed by atoms with Gasteiger partial charge in [-0.3, -0.25) is 4.90 Å². The zero-order valence-electron chi connectivity index (χ0n) is 12.5. The van der Waals surface area contributed by atoms with E-state index in [0.29, 0.717) is 6.10 Å². The maximum Gasteiger partial charge on any atom is 0.108 e. The van der Waals surface area contributed by atoms with Gasteiger partial charge in [0.1, 0.15) is 6.23 Å². The van der Waals surface area contributed by atoms with Crippen LogP contribution >= 0.6 is 0 Å². The summed E-state index contributed by atoms with van der Waals surface area (Å²) in [5.41, 5.74) is 0.197. The molecule has 0 aromatic carbocycles. The van der Waals surface area contributed by atoms with Crippen LogP contribution in [0.4, 0.5) is 0 Å². The van der Waals surface area contributed by atoms with Crippen molar-refractivity contribution < 1.29 is 4.74 Å². The van der Waals surface area contributed by atoms with Crippen molar-refractivity contribution in [3.63, 3.8) is 0 Å². The van der Waals surface area contributed by atoms with Gasteiger partial charge in [-0.05, 0) is 32.4 Å². The molecule has 0 N–H and O–H groups in total. The number of likely N-dealkylation sites (tertiary alicyclic amines) is 1. The van der Waals surface area contributed by atoms with Crippen LogP contribution in [0.15, 0.2) is 0 Å². The summed E-state index contributed by atoms with van der Waals surface area (Å²) in [5.74, 6) is 0. The van der Waals surface area contributed by atoms with Crippen LogP contribution in [-0.4, -0.2) is 55.4 Å². The van der Waals surface area contributed by atoms with Gasteiger partial charge in [0.15, 0.2) is 0 Å². The first-order chi connectivity index (χ1) is 7.84. The van der Waals surface area contributed by atoms with Gasteiger partial charge in [0.05, 0.1) is 6.10 Å². The normalized spacial score (nSPS) is 21.4. The molecule has 0 aromatic rings. The lowest BCUT2D eigenvalue weighted by atomic mass is 9.88. The van der Waals surface area contributed by atoms with Gasteiger partial charge in [-0.2, -0.15) is 0 Å². The van der Waals surface area contributed by atoms with Gasteiger partial charge in [-0.15, -0.1) is 0 Å². The Morgan fingerprint density at radius 2 is 1.88 bits per heavy atom. The van der Waals surface area contributed by atoms with Crippen molar-refractivity contribution in [2.75, 3.05) is 33.2 Å². The number of hydrogen-bond donors (Lipinski definition) is 0.